The lowest BCUT2D eigenvalue weighted by molar-refractivity contribution is 0.217. The van der Waals surface area contributed by atoms with Gasteiger partial charge in [-0.15, -0.1) is 0 Å². The Morgan fingerprint density at radius 3 is 2.51 bits per heavy atom. The van der Waals surface area contributed by atoms with Crippen LogP contribution in [0.25, 0.3) is 0 Å². The molecule has 0 aromatic heterocycles. The van der Waals surface area contributed by atoms with Gasteiger partial charge >= 0.3 is 0 Å². The number of aliphatic hydroxyl groups excluding tert-OH is 1. The van der Waals surface area contributed by atoms with Gasteiger partial charge in [0.2, 0.25) is 0 Å². The Morgan fingerprint density at radius 1 is 0.974 bits per heavy atom. The number of ether oxygens (including phenoxy) is 2. The number of fused-ring (bicyclic) bond motifs is 1. The number of likely N-dealkylation sites (N-methyl/N-ethyl adjacent to an activating group) is 1. The van der Waals surface area contributed by atoms with E-state index in [0.29, 0.717) is 25.4 Å². The number of benzene rings is 3. The van der Waals surface area contributed by atoms with Crippen LogP contribution in [-0.2, 0) is 19.4 Å². The minimum Gasteiger partial charge on any atom is -0.508 e. The fourth-order valence-electron chi connectivity index (χ4n) is 5.49. The quantitative estimate of drug-likeness (QED) is 0.299. The van der Waals surface area contributed by atoms with Gasteiger partial charge in [0.25, 0.3) is 0 Å². The molecule has 0 heterocycles. The van der Waals surface area contributed by atoms with Crippen molar-refractivity contribution in [3.63, 3.8) is 0 Å². The predicted octanol–water partition coefficient (Wildman–Crippen LogP) is 5.53. The fourth-order valence-corrected chi connectivity index (χ4v) is 5.49. The molecule has 0 aliphatic heterocycles. The van der Waals surface area contributed by atoms with Crippen LogP contribution in [0.3, 0.4) is 0 Å². The molecule has 7 heteroatoms. The molecular formula is C32H41FN2O4. The van der Waals surface area contributed by atoms with E-state index in [0.717, 1.165) is 55.9 Å². The van der Waals surface area contributed by atoms with E-state index in [9.17, 15) is 14.6 Å². The molecule has 0 radical (unpaired) electrons. The van der Waals surface area contributed by atoms with Crippen molar-refractivity contribution in [3.8, 4) is 17.2 Å². The van der Waals surface area contributed by atoms with Gasteiger partial charge in [-0.3, -0.25) is 0 Å². The van der Waals surface area contributed by atoms with Gasteiger partial charge in [0.1, 0.15) is 18.1 Å². The van der Waals surface area contributed by atoms with E-state index < -0.39 is 0 Å². The topological polar surface area (TPSA) is 65.4 Å². The average molecular weight is 537 g/mol. The maximum atomic E-state index is 15.0. The van der Waals surface area contributed by atoms with Crippen LogP contribution >= 0.6 is 0 Å². The summed E-state index contributed by atoms with van der Waals surface area (Å²) in [5, 5.41) is 19.8. The van der Waals surface area contributed by atoms with Gasteiger partial charge in [-0.25, -0.2) is 4.39 Å². The smallest absolute Gasteiger partial charge is 0.165 e. The van der Waals surface area contributed by atoms with E-state index in [1.807, 2.05) is 30.3 Å². The van der Waals surface area contributed by atoms with Crippen molar-refractivity contribution in [1.82, 2.24) is 4.90 Å². The van der Waals surface area contributed by atoms with Gasteiger partial charge in [0, 0.05) is 31.4 Å². The molecule has 0 saturated carbocycles. The lowest BCUT2D eigenvalue weighted by Crippen LogP contribution is -2.28. The Hall–Kier alpha value is -3.29. The molecule has 210 valence electrons. The summed E-state index contributed by atoms with van der Waals surface area (Å²) < 4.78 is 26.3. The second-order valence-corrected chi connectivity index (χ2v) is 10.1. The molecule has 0 fully saturated rings. The zero-order valence-corrected chi connectivity index (χ0v) is 23.3. The average Bonchev–Trinajstić information content (AvgIpc) is 2.95. The molecule has 4 rings (SSSR count). The van der Waals surface area contributed by atoms with Crippen LogP contribution in [-0.4, -0.2) is 61.6 Å². The first-order valence-electron chi connectivity index (χ1n) is 13.9. The molecule has 1 aliphatic carbocycles. The van der Waals surface area contributed by atoms with E-state index in [-0.39, 0.29) is 24.1 Å². The first-order valence-corrected chi connectivity index (χ1v) is 13.9. The summed E-state index contributed by atoms with van der Waals surface area (Å²) >= 11 is 0. The molecule has 39 heavy (non-hydrogen) atoms. The SMILES string of the molecule is CCN(CC)CCOc1ccc(CN(CCO)c2cc(OC)ccc2[C@@H]2CCc3cc(O)ccc3C2)cc1F. The van der Waals surface area contributed by atoms with E-state index >= 15 is 0 Å². The second-order valence-electron chi connectivity index (χ2n) is 10.1. The number of hydrogen-bond acceptors (Lipinski definition) is 6. The van der Waals surface area contributed by atoms with E-state index in [2.05, 4.69) is 29.7 Å². The largest absolute Gasteiger partial charge is 0.508 e. The minimum absolute atomic E-state index is 0.0293. The number of aliphatic hydroxyl groups is 1. The van der Waals surface area contributed by atoms with Crippen molar-refractivity contribution < 1.29 is 24.1 Å². The molecule has 1 atom stereocenters. The van der Waals surface area contributed by atoms with Crippen molar-refractivity contribution in [1.29, 1.82) is 0 Å². The normalized spacial score (nSPS) is 14.8. The summed E-state index contributed by atoms with van der Waals surface area (Å²) in [5.74, 6) is 1.20. The Kier molecular flexibility index (Phi) is 10.1. The summed E-state index contributed by atoms with van der Waals surface area (Å²) in [6.45, 7) is 8.08. The van der Waals surface area contributed by atoms with Gasteiger partial charge in [-0.1, -0.05) is 32.0 Å². The number of aromatic hydroxyl groups is 1. The number of aryl methyl sites for hydroxylation is 1. The fraction of sp³-hybridized carbons (Fsp3) is 0.438. The third-order valence-electron chi connectivity index (χ3n) is 7.74. The molecule has 0 saturated heterocycles. The summed E-state index contributed by atoms with van der Waals surface area (Å²) in [6, 6.07) is 16.9. The molecule has 2 N–H and O–H groups in total. The zero-order chi connectivity index (χ0) is 27.8. The number of phenolic OH excluding ortho intramolecular Hbond substituents is 1. The highest BCUT2D eigenvalue weighted by Crippen LogP contribution is 2.40. The molecular weight excluding hydrogens is 495 g/mol. The number of halogens is 1. The molecule has 0 spiro atoms. The van der Waals surface area contributed by atoms with E-state index in [1.54, 1.807) is 19.2 Å². The maximum absolute atomic E-state index is 15.0. The first-order chi connectivity index (χ1) is 18.9. The predicted molar refractivity (Wildman–Crippen MR) is 154 cm³/mol. The van der Waals surface area contributed by atoms with Gasteiger partial charge in [0.15, 0.2) is 11.6 Å². The lowest BCUT2D eigenvalue weighted by atomic mass is 9.79. The van der Waals surface area contributed by atoms with Crippen LogP contribution in [0.15, 0.2) is 54.6 Å². The van der Waals surface area contributed by atoms with Crippen LogP contribution in [0.2, 0.25) is 0 Å². The Morgan fingerprint density at radius 2 is 1.79 bits per heavy atom. The highest BCUT2D eigenvalue weighted by molar-refractivity contribution is 5.60. The molecule has 6 nitrogen and oxygen atoms in total. The zero-order valence-electron chi connectivity index (χ0n) is 23.3. The summed E-state index contributed by atoms with van der Waals surface area (Å²) in [5.41, 5.74) is 5.41. The van der Waals surface area contributed by atoms with Crippen molar-refractivity contribution in [2.75, 3.05) is 51.4 Å². The van der Waals surface area contributed by atoms with E-state index in [4.69, 9.17) is 9.47 Å². The first kappa shape index (κ1) is 28.7. The number of anilines is 1. The Labute approximate surface area is 231 Å². The van der Waals surface area contributed by atoms with Crippen molar-refractivity contribution in [2.24, 2.45) is 0 Å². The van der Waals surface area contributed by atoms with Crippen LogP contribution in [0.5, 0.6) is 17.2 Å². The van der Waals surface area contributed by atoms with E-state index in [1.165, 1.54) is 22.8 Å². The summed E-state index contributed by atoms with van der Waals surface area (Å²) in [7, 11) is 1.65. The molecule has 0 amide bonds. The monoisotopic (exact) mass is 536 g/mol. The van der Waals surface area contributed by atoms with Crippen molar-refractivity contribution in [2.45, 2.75) is 45.6 Å². The van der Waals surface area contributed by atoms with Crippen LogP contribution in [0.4, 0.5) is 10.1 Å². The molecule has 3 aromatic carbocycles. The van der Waals surface area contributed by atoms with Gasteiger partial charge in [0.05, 0.1) is 13.7 Å². The van der Waals surface area contributed by atoms with Crippen LogP contribution in [0, 0.1) is 5.82 Å². The number of rotatable bonds is 13. The Balaban J connectivity index is 1.55. The summed E-state index contributed by atoms with van der Waals surface area (Å²) in [6.07, 6.45) is 2.72. The number of hydrogen-bond donors (Lipinski definition) is 2. The third-order valence-corrected chi connectivity index (χ3v) is 7.74. The number of methoxy groups -OCH3 is 1. The lowest BCUT2D eigenvalue weighted by Gasteiger charge is -2.32. The van der Waals surface area contributed by atoms with Crippen LogP contribution in [0.1, 0.15) is 48.4 Å². The molecule has 3 aromatic rings. The van der Waals surface area contributed by atoms with Gasteiger partial charge in [-0.05, 0) is 90.9 Å². The molecule has 0 unspecified atom stereocenters. The van der Waals surface area contributed by atoms with Gasteiger partial charge < -0.3 is 29.5 Å². The van der Waals surface area contributed by atoms with Crippen molar-refractivity contribution >= 4 is 5.69 Å². The number of phenols is 1. The number of nitrogens with zero attached hydrogens (tertiary/aromatic N) is 2. The molecule has 1 aliphatic rings. The highest BCUT2D eigenvalue weighted by atomic mass is 19.1. The van der Waals surface area contributed by atoms with Crippen LogP contribution < -0.4 is 14.4 Å². The maximum Gasteiger partial charge on any atom is 0.165 e. The van der Waals surface area contributed by atoms with Gasteiger partial charge in [-0.2, -0.15) is 0 Å². The standard InChI is InChI=1S/C32H41FN2O4/c1-4-34(5-2)15-17-39-32-13-6-23(18-30(32)33)22-35(14-16-36)31-21-28(38-3)11-12-29(31)26-8-7-25-20-27(37)10-9-24(25)19-26/h6,9-13,18,20-21,26,36-37H,4-5,7-8,14-17,19,22H2,1-3H3/t26-/m1/s1. The Bertz CT molecular complexity index is 1230. The van der Waals surface area contributed by atoms with Crippen molar-refractivity contribution in [3.05, 3.63) is 82.7 Å². The molecule has 0 bridgehead atoms. The minimum atomic E-state index is -0.381. The highest BCUT2D eigenvalue weighted by Gasteiger charge is 2.25. The third kappa shape index (κ3) is 7.22. The summed E-state index contributed by atoms with van der Waals surface area (Å²) in [4.78, 5) is 4.33. The second kappa shape index (κ2) is 13.7.